The average molecular weight is 540 g/mol. The van der Waals surface area contributed by atoms with Crippen LogP contribution in [0.2, 0.25) is 0 Å². The first-order valence-electron chi connectivity index (χ1n) is 11.6. The number of hydrogen-bond donors (Lipinski definition) is 1. The van der Waals surface area contributed by atoms with Crippen molar-refractivity contribution < 1.29 is 26.4 Å². The van der Waals surface area contributed by atoms with Crippen molar-refractivity contribution in [3.05, 3.63) is 108 Å². The van der Waals surface area contributed by atoms with Gasteiger partial charge in [0.2, 0.25) is 0 Å². The molecule has 0 fully saturated rings. The van der Waals surface area contributed by atoms with Gasteiger partial charge in [-0.3, -0.25) is 9.78 Å². The molecule has 196 valence electrons. The number of halogens is 3. The zero-order valence-electron chi connectivity index (χ0n) is 20.5. The topological polar surface area (TPSA) is 89.0 Å². The van der Waals surface area contributed by atoms with Crippen molar-refractivity contribution in [1.82, 2.24) is 9.97 Å². The lowest BCUT2D eigenvalue weighted by Crippen LogP contribution is -2.14. The summed E-state index contributed by atoms with van der Waals surface area (Å²) in [6.45, 7) is 1.98. The summed E-state index contributed by atoms with van der Waals surface area (Å²) in [6.07, 6.45) is 0.325. The van der Waals surface area contributed by atoms with Gasteiger partial charge in [-0.25, -0.2) is 13.4 Å². The van der Waals surface area contributed by atoms with Crippen LogP contribution in [0, 0.1) is 0 Å². The van der Waals surface area contributed by atoms with Crippen molar-refractivity contribution >= 4 is 21.4 Å². The van der Waals surface area contributed by atoms with E-state index in [4.69, 9.17) is 0 Å². The van der Waals surface area contributed by atoms with Crippen molar-refractivity contribution in [1.29, 1.82) is 0 Å². The molecule has 0 aliphatic heterocycles. The van der Waals surface area contributed by atoms with Gasteiger partial charge in [0.05, 0.1) is 28.0 Å². The minimum Gasteiger partial charge on any atom is -0.322 e. The lowest BCUT2D eigenvalue weighted by atomic mass is 9.95. The highest BCUT2D eigenvalue weighted by atomic mass is 32.2. The van der Waals surface area contributed by atoms with Crippen LogP contribution in [0.1, 0.15) is 40.0 Å². The van der Waals surface area contributed by atoms with Gasteiger partial charge in [0.1, 0.15) is 0 Å². The Morgan fingerprint density at radius 2 is 1.71 bits per heavy atom. The van der Waals surface area contributed by atoms with Crippen molar-refractivity contribution in [3.63, 3.8) is 0 Å². The fourth-order valence-electron chi connectivity index (χ4n) is 3.92. The number of benzene rings is 3. The van der Waals surface area contributed by atoms with Gasteiger partial charge >= 0.3 is 6.18 Å². The van der Waals surface area contributed by atoms with Crippen LogP contribution in [-0.2, 0) is 22.4 Å². The van der Waals surface area contributed by atoms with Crippen molar-refractivity contribution in [3.8, 4) is 11.3 Å². The Balaban J connectivity index is 1.49. The van der Waals surface area contributed by atoms with Crippen LogP contribution >= 0.6 is 0 Å². The second-order valence-electron chi connectivity index (χ2n) is 8.96. The molecule has 0 radical (unpaired) electrons. The third kappa shape index (κ3) is 6.63. The molecule has 3 aromatic carbocycles. The van der Waals surface area contributed by atoms with Gasteiger partial charge in [0.25, 0.3) is 5.91 Å². The molecular formula is C28H24F3N3O3S. The van der Waals surface area contributed by atoms with E-state index < -0.39 is 27.5 Å². The van der Waals surface area contributed by atoms with Gasteiger partial charge in [-0.2, -0.15) is 13.2 Å². The predicted molar refractivity (Wildman–Crippen MR) is 139 cm³/mol. The maximum absolute atomic E-state index is 13.0. The second kappa shape index (κ2) is 10.7. The standard InChI is InChI=1S/C28H24F3N3O3S/c1-18(12-24-16-32-17-26(33-24)20-7-5-11-25(15-20)38(2,36)37)19-6-4-10-23(14-19)34-27(35)21-8-3-9-22(13-21)28(29,30)31/h3-11,13-18H,12H2,1-2H3,(H,34,35)/t18-/m1/s1. The molecule has 4 aromatic rings. The van der Waals surface area contributed by atoms with Crippen LogP contribution in [0.3, 0.4) is 0 Å². The monoisotopic (exact) mass is 539 g/mol. The molecule has 0 bridgehead atoms. The largest absolute Gasteiger partial charge is 0.416 e. The number of rotatable bonds is 7. The minimum atomic E-state index is -4.54. The number of amides is 1. The van der Waals surface area contributed by atoms with E-state index in [9.17, 15) is 26.4 Å². The molecule has 38 heavy (non-hydrogen) atoms. The second-order valence-corrected chi connectivity index (χ2v) is 11.0. The van der Waals surface area contributed by atoms with E-state index in [-0.39, 0.29) is 16.4 Å². The molecule has 1 N–H and O–H groups in total. The van der Waals surface area contributed by atoms with Crippen LogP contribution in [0.5, 0.6) is 0 Å². The summed E-state index contributed by atoms with van der Waals surface area (Å²) in [4.78, 5) is 21.7. The Morgan fingerprint density at radius 1 is 0.974 bits per heavy atom. The number of carbonyl (C=O) groups is 1. The highest BCUT2D eigenvalue weighted by molar-refractivity contribution is 7.90. The van der Waals surface area contributed by atoms with Gasteiger partial charge in [-0.15, -0.1) is 0 Å². The van der Waals surface area contributed by atoms with Crippen molar-refractivity contribution in [2.24, 2.45) is 0 Å². The lowest BCUT2D eigenvalue weighted by Gasteiger charge is -2.14. The summed E-state index contributed by atoms with van der Waals surface area (Å²) in [5.41, 5.74) is 2.23. The molecule has 1 heterocycles. The summed E-state index contributed by atoms with van der Waals surface area (Å²) < 4.78 is 62.8. The molecule has 0 unspecified atom stereocenters. The first-order chi connectivity index (χ1) is 17.9. The van der Waals surface area contributed by atoms with Crippen LogP contribution in [0.4, 0.5) is 18.9 Å². The summed E-state index contributed by atoms with van der Waals surface area (Å²) in [7, 11) is -3.37. The van der Waals surface area contributed by atoms with E-state index >= 15 is 0 Å². The molecule has 1 aromatic heterocycles. The molecule has 6 nitrogen and oxygen atoms in total. The van der Waals surface area contributed by atoms with Gasteiger partial charge in [-0.1, -0.05) is 37.3 Å². The van der Waals surface area contributed by atoms with Gasteiger partial charge in [-0.05, 0) is 60.4 Å². The normalized spacial score (nSPS) is 12.7. The molecule has 10 heteroatoms. The molecule has 1 amide bonds. The number of nitrogens with one attached hydrogen (secondary N) is 1. The number of carbonyl (C=O) groups excluding carboxylic acids is 1. The fourth-order valence-corrected chi connectivity index (χ4v) is 4.59. The maximum Gasteiger partial charge on any atom is 0.416 e. The molecule has 0 spiro atoms. The smallest absolute Gasteiger partial charge is 0.322 e. The zero-order valence-corrected chi connectivity index (χ0v) is 21.3. The van der Waals surface area contributed by atoms with Crippen LogP contribution in [0.25, 0.3) is 11.3 Å². The van der Waals surface area contributed by atoms with Crippen LogP contribution in [0.15, 0.2) is 90.1 Å². The number of sulfone groups is 1. The molecule has 0 aliphatic carbocycles. The Labute approximate surface area is 218 Å². The summed E-state index contributed by atoms with van der Waals surface area (Å²) in [5.74, 6) is -0.678. The minimum absolute atomic E-state index is 0.0349. The first-order valence-corrected chi connectivity index (χ1v) is 13.5. The summed E-state index contributed by atoms with van der Waals surface area (Å²) in [5, 5.41) is 2.66. The Hall–Kier alpha value is -4.05. The van der Waals surface area contributed by atoms with Crippen LogP contribution < -0.4 is 5.32 Å². The van der Waals surface area contributed by atoms with E-state index in [1.165, 1.54) is 18.2 Å². The van der Waals surface area contributed by atoms with Crippen molar-refractivity contribution in [2.45, 2.75) is 30.3 Å². The maximum atomic E-state index is 13.0. The van der Waals surface area contributed by atoms with E-state index in [2.05, 4.69) is 15.3 Å². The van der Waals surface area contributed by atoms with Gasteiger partial charge in [0, 0.05) is 29.3 Å². The Bertz CT molecular complexity index is 1590. The van der Waals surface area contributed by atoms with E-state index in [1.54, 1.807) is 48.8 Å². The Kier molecular flexibility index (Phi) is 7.63. The zero-order chi connectivity index (χ0) is 27.5. The third-order valence-electron chi connectivity index (χ3n) is 5.92. The first kappa shape index (κ1) is 27.0. The Morgan fingerprint density at radius 3 is 2.45 bits per heavy atom. The number of nitrogens with zero attached hydrogens (tertiary/aromatic N) is 2. The molecule has 4 rings (SSSR count). The van der Waals surface area contributed by atoms with Crippen LogP contribution in [-0.4, -0.2) is 30.5 Å². The highest BCUT2D eigenvalue weighted by Gasteiger charge is 2.30. The molecule has 1 atom stereocenters. The SMILES string of the molecule is C[C@H](Cc1cncc(-c2cccc(S(C)(=O)=O)c2)n1)c1cccc(NC(=O)c2cccc(C(F)(F)F)c2)c1. The molecule has 0 aliphatic rings. The van der Waals surface area contributed by atoms with Gasteiger partial charge in [0.15, 0.2) is 9.84 Å². The number of anilines is 1. The highest BCUT2D eigenvalue weighted by Crippen LogP contribution is 2.30. The van der Waals surface area contributed by atoms with E-state index in [1.807, 2.05) is 13.0 Å². The third-order valence-corrected chi connectivity index (χ3v) is 7.03. The lowest BCUT2D eigenvalue weighted by molar-refractivity contribution is -0.137. The quantitative estimate of drug-likeness (QED) is 0.304. The van der Waals surface area contributed by atoms with Gasteiger partial charge < -0.3 is 5.32 Å². The molecular weight excluding hydrogens is 515 g/mol. The average Bonchev–Trinajstić information content (AvgIpc) is 2.88. The number of aromatic nitrogens is 2. The number of alkyl halides is 3. The molecule has 0 saturated carbocycles. The van der Waals surface area contributed by atoms with Crippen molar-refractivity contribution in [2.75, 3.05) is 11.6 Å². The summed E-state index contributed by atoms with van der Waals surface area (Å²) in [6, 6.07) is 17.8. The molecule has 0 saturated heterocycles. The summed E-state index contributed by atoms with van der Waals surface area (Å²) >= 11 is 0. The number of hydrogen-bond acceptors (Lipinski definition) is 5. The van der Waals surface area contributed by atoms with E-state index in [0.717, 1.165) is 24.0 Å². The predicted octanol–water partition coefficient (Wildman–Crippen LogP) is 6.16. The fraction of sp³-hybridized carbons (Fsp3) is 0.179. The van der Waals surface area contributed by atoms with E-state index in [0.29, 0.717) is 29.1 Å².